The van der Waals surface area contributed by atoms with Crippen LogP contribution in [-0.2, 0) is 19.6 Å². The highest BCUT2D eigenvalue weighted by Crippen LogP contribution is 2.28. The van der Waals surface area contributed by atoms with Gasteiger partial charge in [-0.2, -0.15) is 0 Å². The number of unbranched alkanes of at least 4 members (excludes halogenated alkanes) is 2. The average Bonchev–Trinajstić information content (AvgIpc) is 3.04. The summed E-state index contributed by atoms with van der Waals surface area (Å²) in [7, 11) is -2.02. The third-order valence-electron chi connectivity index (χ3n) is 7.55. The summed E-state index contributed by atoms with van der Waals surface area (Å²) in [5.74, 6) is 0.601. The quantitative estimate of drug-likeness (QED) is 0.203. The van der Waals surface area contributed by atoms with Crippen LogP contribution in [0.1, 0.15) is 38.5 Å². The first-order chi connectivity index (χ1) is 21.3. The Balaban J connectivity index is 1.04. The zero-order chi connectivity index (χ0) is 31.2. The molecule has 3 aromatic carbocycles. The minimum atomic E-state index is -3.55. The molecule has 0 radical (unpaired) electrons. The molecule has 1 fully saturated rings. The lowest BCUT2D eigenvalue weighted by molar-refractivity contribution is -0.121. The van der Waals surface area contributed by atoms with E-state index >= 15 is 0 Å². The molecule has 1 aliphatic rings. The highest BCUT2D eigenvalue weighted by atomic mass is 32.2. The van der Waals surface area contributed by atoms with Crippen molar-refractivity contribution in [1.29, 1.82) is 0 Å². The molecule has 0 saturated carbocycles. The predicted octanol–water partition coefficient (Wildman–Crippen LogP) is 5.03. The zero-order valence-corrected chi connectivity index (χ0v) is 26.0. The van der Waals surface area contributed by atoms with Crippen LogP contribution in [0.3, 0.4) is 0 Å². The van der Waals surface area contributed by atoms with Crippen molar-refractivity contribution in [3.63, 3.8) is 0 Å². The Kier molecular flexibility index (Phi) is 12.6. The fourth-order valence-electron chi connectivity index (χ4n) is 5.05. The number of benzene rings is 3. The monoisotopic (exact) mass is 622 g/mol. The van der Waals surface area contributed by atoms with E-state index in [2.05, 4.69) is 20.3 Å². The number of carbonyl (C=O) groups is 2. The van der Waals surface area contributed by atoms with Crippen LogP contribution in [0.2, 0.25) is 0 Å². The van der Waals surface area contributed by atoms with Gasteiger partial charge in [-0.1, -0.05) is 55.0 Å². The van der Waals surface area contributed by atoms with E-state index < -0.39 is 16.1 Å². The fourth-order valence-corrected chi connectivity index (χ4v) is 6.12. The molecule has 0 aromatic heterocycles. The number of nitrogens with one attached hydrogen (secondary N) is 3. The molecule has 1 aliphatic heterocycles. The molecule has 44 heavy (non-hydrogen) atoms. The number of amides is 2. The van der Waals surface area contributed by atoms with E-state index in [1.54, 1.807) is 12.1 Å². The summed E-state index contributed by atoms with van der Waals surface area (Å²) >= 11 is 0. The molecule has 10 nitrogen and oxygen atoms in total. The molecular formula is C33H42N4O6S. The van der Waals surface area contributed by atoms with Gasteiger partial charge in [-0.25, -0.2) is 17.9 Å². The minimum Gasteiger partial charge on any atom is -0.497 e. The first kappa shape index (κ1) is 33.0. The fraction of sp³-hybridized carbons (Fsp3) is 0.394. The van der Waals surface area contributed by atoms with Gasteiger partial charge in [0, 0.05) is 44.7 Å². The van der Waals surface area contributed by atoms with Crippen LogP contribution in [0.5, 0.6) is 5.75 Å². The van der Waals surface area contributed by atoms with Gasteiger partial charge in [0.05, 0.1) is 17.7 Å². The molecule has 1 saturated heterocycles. The Morgan fingerprint density at radius 3 is 2.27 bits per heavy atom. The van der Waals surface area contributed by atoms with Crippen LogP contribution < -0.4 is 20.1 Å². The van der Waals surface area contributed by atoms with Crippen molar-refractivity contribution in [2.75, 3.05) is 45.2 Å². The second-order valence-electron chi connectivity index (χ2n) is 10.7. The number of nitrogens with zero attached hydrogens (tertiary/aromatic N) is 1. The van der Waals surface area contributed by atoms with Crippen LogP contribution in [-0.4, -0.2) is 71.3 Å². The standard InChI is InChI=1S/C33H42N4O6S/c1-42-27-14-16-29(17-15-27)44(40,41)35-22-9-3-8-21-34-32(38)20-25-37-23-18-28(19-24-37)43-33(39)36-31-13-7-6-12-30(31)26-10-4-2-5-11-26/h2,4-7,10-17,28,35H,3,8-9,18-25H2,1H3,(H,34,38)(H,36,39). The SMILES string of the molecule is COc1ccc(S(=O)(=O)NCCCCCNC(=O)CCN2CCC(OC(=O)Nc3ccccc3-c3ccccc3)CC2)cc1. The molecule has 0 aliphatic carbocycles. The maximum Gasteiger partial charge on any atom is 0.411 e. The second kappa shape index (κ2) is 16.8. The van der Waals surface area contributed by atoms with Crippen LogP contribution in [0, 0.1) is 0 Å². The topological polar surface area (TPSA) is 126 Å². The lowest BCUT2D eigenvalue weighted by Gasteiger charge is -2.31. The van der Waals surface area contributed by atoms with Crippen LogP contribution in [0.15, 0.2) is 83.8 Å². The normalized spacial score (nSPS) is 14.1. The molecule has 3 aromatic rings. The van der Waals surface area contributed by atoms with Gasteiger partial charge >= 0.3 is 6.09 Å². The first-order valence-electron chi connectivity index (χ1n) is 15.1. The van der Waals surface area contributed by atoms with Crippen molar-refractivity contribution in [1.82, 2.24) is 14.9 Å². The Hall–Kier alpha value is -3.93. The van der Waals surface area contributed by atoms with Gasteiger partial charge in [0.2, 0.25) is 15.9 Å². The van der Waals surface area contributed by atoms with E-state index in [1.165, 1.54) is 19.2 Å². The Labute approximate surface area is 260 Å². The summed E-state index contributed by atoms with van der Waals surface area (Å²) in [6.07, 6.45) is 3.48. The van der Waals surface area contributed by atoms with Gasteiger partial charge in [0.1, 0.15) is 11.9 Å². The third-order valence-corrected chi connectivity index (χ3v) is 9.03. The summed E-state index contributed by atoms with van der Waals surface area (Å²) < 4.78 is 38.1. The molecule has 11 heteroatoms. The number of likely N-dealkylation sites (tertiary alicyclic amines) is 1. The highest BCUT2D eigenvalue weighted by molar-refractivity contribution is 7.89. The Morgan fingerprint density at radius 1 is 0.864 bits per heavy atom. The summed E-state index contributed by atoms with van der Waals surface area (Å²) in [6.45, 7) is 3.08. The van der Waals surface area contributed by atoms with Crippen LogP contribution >= 0.6 is 0 Å². The van der Waals surface area contributed by atoms with Crippen molar-refractivity contribution >= 4 is 27.7 Å². The largest absolute Gasteiger partial charge is 0.497 e. The number of carbonyl (C=O) groups excluding carboxylic acids is 2. The van der Waals surface area contributed by atoms with Crippen molar-refractivity contribution in [3.8, 4) is 16.9 Å². The lowest BCUT2D eigenvalue weighted by atomic mass is 10.0. The van der Waals surface area contributed by atoms with Crippen molar-refractivity contribution in [3.05, 3.63) is 78.9 Å². The van der Waals surface area contributed by atoms with Crippen molar-refractivity contribution in [2.24, 2.45) is 0 Å². The molecular weight excluding hydrogens is 580 g/mol. The Bertz CT molecular complexity index is 1440. The number of hydrogen-bond acceptors (Lipinski definition) is 7. The summed E-state index contributed by atoms with van der Waals surface area (Å²) in [5.41, 5.74) is 2.67. The molecule has 0 spiro atoms. The highest BCUT2D eigenvalue weighted by Gasteiger charge is 2.23. The molecule has 0 bridgehead atoms. The van der Waals surface area contributed by atoms with Gasteiger partial charge < -0.3 is 19.7 Å². The molecule has 3 N–H and O–H groups in total. The zero-order valence-electron chi connectivity index (χ0n) is 25.2. The van der Waals surface area contributed by atoms with E-state index in [1.807, 2.05) is 54.6 Å². The smallest absolute Gasteiger partial charge is 0.411 e. The maximum absolute atomic E-state index is 12.6. The summed E-state index contributed by atoms with van der Waals surface area (Å²) in [6, 6.07) is 23.8. The number of hydrogen-bond donors (Lipinski definition) is 3. The van der Waals surface area contributed by atoms with Gasteiger partial charge in [0.15, 0.2) is 0 Å². The maximum atomic E-state index is 12.6. The molecule has 2 amide bonds. The summed E-state index contributed by atoms with van der Waals surface area (Å²) in [4.78, 5) is 27.4. The number of rotatable bonds is 15. The van der Waals surface area contributed by atoms with Gasteiger partial charge in [0.25, 0.3) is 0 Å². The number of anilines is 1. The minimum absolute atomic E-state index is 0.0000381. The van der Waals surface area contributed by atoms with Crippen LogP contribution in [0.25, 0.3) is 11.1 Å². The number of ether oxygens (including phenoxy) is 2. The van der Waals surface area contributed by atoms with Crippen LogP contribution in [0.4, 0.5) is 10.5 Å². The van der Waals surface area contributed by atoms with E-state index in [0.717, 1.165) is 49.9 Å². The van der Waals surface area contributed by atoms with Crippen molar-refractivity contribution in [2.45, 2.75) is 49.5 Å². The second-order valence-corrected chi connectivity index (χ2v) is 12.5. The average molecular weight is 623 g/mol. The molecule has 1 heterocycles. The molecule has 0 unspecified atom stereocenters. The van der Waals surface area contributed by atoms with Gasteiger partial charge in [-0.15, -0.1) is 0 Å². The number of sulfonamides is 1. The predicted molar refractivity (Wildman–Crippen MR) is 171 cm³/mol. The first-order valence-corrected chi connectivity index (χ1v) is 16.6. The Morgan fingerprint density at radius 2 is 1.55 bits per heavy atom. The molecule has 0 atom stereocenters. The lowest BCUT2D eigenvalue weighted by Crippen LogP contribution is -2.40. The van der Waals surface area contributed by atoms with Gasteiger partial charge in [-0.3, -0.25) is 10.1 Å². The summed E-state index contributed by atoms with van der Waals surface area (Å²) in [5, 5.41) is 5.84. The van der Waals surface area contributed by atoms with E-state index in [4.69, 9.17) is 9.47 Å². The number of methoxy groups -OCH3 is 1. The van der Waals surface area contributed by atoms with E-state index in [0.29, 0.717) is 43.9 Å². The van der Waals surface area contributed by atoms with E-state index in [9.17, 15) is 18.0 Å². The third kappa shape index (κ3) is 10.4. The van der Waals surface area contributed by atoms with Crippen molar-refractivity contribution < 1.29 is 27.5 Å². The van der Waals surface area contributed by atoms with Gasteiger partial charge in [-0.05, 0) is 61.6 Å². The molecule has 236 valence electrons. The number of para-hydroxylation sites is 1. The van der Waals surface area contributed by atoms with E-state index in [-0.39, 0.29) is 16.9 Å². The number of piperidine rings is 1. The molecule has 4 rings (SSSR count).